The maximum Gasteiger partial charge on any atom is 0.258 e. The van der Waals surface area contributed by atoms with Crippen LogP contribution in [0, 0.1) is 0 Å². The van der Waals surface area contributed by atoms with Gasteiger partial charge in [-0.1, -0.05) is 31.2 Å². The van der Waals surface area contributed by atoms with Crippen molar-refractivity contribution in [3.63, 3.8) is 0 Å². The van der Waals surface area contributed by atoms with Crippen molar-refractivity contribution < 1.29 is 14.3 Å². The van der Waals surface area contributed by atoms with Crippen LogP contribution in [0.1, 0.15) is 56.0 Å². The minimum atomic E-state index is -0.591. The molecule has 0 saturated carbocycles. The van der Waals surface area contributed by atoms with Crippen molar-refractivity contribution in [2.45, 2.75) is 57.8 Å². The Morgan fingerprint density at radius 2 is 1.97 bits per heavy atom. The van der Waals surface area contributed by atoms with Gasteiger partial charge in [-0.25, -0.2) is 0 Å². The molecule has 1 fully saturated rings. The number of fused-ring (bicyclic) bond motifs is 1. The topological polar surface area (TPSA) is 50.8 Å². The summed E-state index contributed by atoms with van der Waals surface area (Å²) in [7, 11) is 0. The van der Waals surface area contributed by atoms with E-state index < -0.39 is 5.66 Å². The number of carbonyl (C=O) groups excluding carboxylic acids is 1. The molecule has 0 spiro atoms. The largest absolute Gasteiger partial charge is 0.491 e. The molecule has 2 aromatic carbocycles. The molecular weight excluding hydrogens is 364 g/mol. The van der Waals surface area contributed by atoms with Crippen molar-refractivity contribution in [1.82, 2.24) is 4.90 Å². The second-order valence-electron chi connectivity index (χ2n) is 8.12. The SMILES string of the molecule is CCC1(c2ccc(OCC3CCCO3)cc2)Nc2ccccc2C(=O)N1C(C)C. The molecule has 2 heterocycles. The minimum absolute atomic E-state index is 0.0544. The lowest BCUT2D eigenvalue weighted by molar-refractivity contribution is 0.0371. The van der Waals surface area contributed by atoms with E-state index in [1.54, 1.807) is 0 Å². The monoisotopic (exact) mass is 394 g/mol. The van der Waals surface area contributed by atoms with Gasteiger partial charge in [-0.15, -0.1) is 0 Å². The second-order valence-corrected chi connectivity index (χ2v) is 8.12. The van der Waals surface area contributed by atoms with Gasteiger partial charge in [0.25, 0.3) is 5.91 Å². The van der Waals surface area contributed by atoms with E-state index in [0.29, 0.717) is 6.61 Å². The zero-order valence-corrected chi connectivity index (χ0v) is 17.5. The highest BCUT2D eigenvalue weighted by molar-refractivity contribution is 6.02. The van der Waals surface area contributed by atoms with Gasteiger partial charge in [-0.3, -0.25) is 4.79 Å². The molecular formula is C24H30N2O3. The van der Waals surface area contributed by atoms with E-state index >= 15 is 0 Å². The van der Waals surface area contributed by atoms with Gasteiger partial charge in [-0.05, 0) is 62.9 Å². The zero-order valence-electron chi connectivity index (χ0n) is 17.5. The molecule has 0 aromatic heterocycles. The van der Waals surface area contributed by atoms with Crippen molar-refractivity contribution in [3.8, 4) is 5.75 Å². The molecule has 4 rings (SSSR count). The lowest BCUT2D eigenvalue weighted by Gasteiger charge is -2.50. The Morgan fingerprint density at radius 1 is 1.21 bits per heavy atom. The Balaban J connectivity index is 1.63. The highest BCUT2D eigenvalue weighted by atomic mass is 16.5. The number of para-hydroxylation sites is 1. The summed E-state index contributed by atoms with van der Waals surface area (Å²) < 4.78 is 11.6. The molecule has 0 bridgehead atoms. The van der Waals surface area contributed by atoms with Crippen LogP contribution in [0.25, 0.3) is 0 Å². The van der Waals surface area contributed by atoms with Crippen LogP contribution in [0.2, 0.25) is 0 Å². The molecule has 1 amide bonds. The van der Waals surface area contributed by atoms with Crippen LogP contribution in [-0.4, -0.2) is 36.2 Å². The third-order valence-corrected chi connectivity index (χ3v) is 5.95. The molecule has 2 aliphatic heterocycles. The third kappa shape index (κ3) is 3.60. The maximum absolute atomic E-state index is 13.4. The predicted molar refractivity (Wildman–Crippen MR) is 114 cm³/mol. The zero-order chi connectivity index (χ0) is 20.4. The molecule has 2 aliphatic rings. The first-order valence-electron chi connectivity index (χ1n) is 10.6. The number of hydrogen-bond donors (Lipinski definition) is 1. The molecule has 1 saturated heterocycles. The number of amides is 1. The number of benzene rings is 2. The minimum Gasteiger partial charge on any atom is -0.491 e. The number of nitrogens with zero attached hydrogens (tertiary/aromatic N) is 1. The molecule has 5 heteroatoms. The molecule has 0 radical (unpaired) electrons. The Hall–Kier alpha value is -2.53. The van der Waals surface area contributed by atoms with Crippen molar-refractivity contribution >= 4 is 11.6 Å². The van der Waals surface area contributed by atoms with E-state index in [-0.39, 0.29) is 18.1 Å². The average molecular weight is 395 g/mol. The lowest BCUT2D eigenvalue weighted by atomic mass is 9.88. The van der Waals surface area contributed by atoms with Gasteiger partial charge >= 0.3 is 0 Å². The van der Waals surface area contributed by atoms with E-state index in [1.165, 1.54) is 0 Å². The number of rotatable bonds is 6. The molecule has 2 aromatic rings. The van der Waals surface area contributed by atoms with Gasteiger partial charge in [0.2, 0.25) is 0 Å². The number of ether oxygens (including phenoxy) is 2. The fourth-order valence-electron chi connectivity index (χ4n) is 4.51. The van der Waals surface area contributed by atoms with Gasteiger partial charge in [0.05, 0.1) is 11.7 Å². The van der Waals surface area contributed by atoms with E-state index in [0.717, 1.165) is 48.4 Å². The summed E-state index contributed by atoms with van der Waals surface area (Å²) in [5.41, 5.74) is 2.07. The summed E-state index contributed by atoms with van der Waals surface area (Å²) in [6.45, 7) is 7.66. The lowest BCUT2D eigenvalue weighted by Crippen LogP contribution is -2.59. The van der Waals surface area contributed by atoms with Crippen LogP contribution in [0.5, 0.6) is 5.75 Å². The van der Waals surface area contributed by atoms with Crippen LogP contribution in [0.3, 0.4) is 0 Å². The quantitative estimate of drug-likeness (QED) is 0.766. The van der Waals surface area contributed by atoms with Crippen LogP contribution in [0.15, 0.2) is 48.5 Å². The molecule has 1 N–H and O–H groups in total. The first-order chi connectivity index (χ1) is 14.0. The number of carbonyl (C=O) groups is 1. The highest BCUT2D eigenvalue weighted by Crippen LogP contribution is 2.41. The van der Waals surface area contributed by atoms with Crippen LogP contribution in [-0.2, 0) is 10.4 Å². The average Bonchev–Trinajstić information content (AvgIpc) is 3.26. The van der Waals surface area contributed by atoms with E-state index in [1.807, 2.05) is 41.3 Å². The smallest absolute Gasteiger partial charge is 0.258 e. The molecule has 29 heavy (non-hydrogen) atoms. The van der Waals surface area contributed by atoms with Crippen molar-refractivity contribution in [1.29, 1.82) is 0 Å². The van der Waals surface area contributed by atoms with E-state index in [9.17, 15) is 4.79 Å². The Kier molecular flexibility index (Phi) is 5.50. The Bertz CT molecular complexity index is 859. The molecule has 0 aliphatic carbocycles. The number of hydrogen-bond acceptors (Lipinski definition) is 4. The maximum atomic E-state index is 13.4. The van der Waals surface area contributed by atoms with Crippen molar-refractivity contribution in [2.75, 3.05) is 18.5 Å². The van der Waals surface area contributed by atoms with Crippen molar-refractivity contribution in [2.24, 2.45) is 0 Å². The Morgan fingerprint density at radius 3 is 2.62 bits per heavy atom. The highest BCUT2D eigenvalue weighted by Gasteiger charge is 2.45. The molecule has 154 valence electrons. The first kappa shape index (κ1) is 19.8. The third-order valence-electron chi connectivity index (χ3n) is 5.95. The predicted octanol–water partition coefficient (Wildman–Crippen LogP) is 4.78. The molecule has 2 unspecified atom stereocenters. The molecule has 5 nitrogen and oxygen atoms in total. The molecule has 2 atom stereocenters. The fourth-order valence-corrected chi connectivity index (χ4v) is 4.51. The standard InChI is InChI=1S/C24H30N2O3/c1-4-24(18-11-13-19(14-12-18)29-16-20-8-7-15-28-20)25-22-10-6-5-9-21(22)23(27)26(24)17(2)3/h5-6,9-14,17,20,25H,4,7-8,15-16H2,1-3H3. The first-order valence-corrected chi connectivity index (χ1v) is 10.6. The number of anilines is 1. The van der Waals surface area contributed by atoms with Gasteiger partial charge in [-0.2, -0.15) is 0 Å². The van der Waals surface area contributed by atoms with E-state index in [2.05, 4.69) is 38.2 Å². The van der Waals surface area contributed by atoms with Gasteiger partial charge in [0.15, 0.2) is 0 Å². The fraction of sp³-hybridized carbons (Fsp3) is 0.458. The van der Waals surface area contributed by atoms with Gasteiger partial charge in [0, 0.05) is 18.3 Å². The summed E-state index contributed by atoms with van der Waals surface area (Å²) in [6, 6.07) is 15.9. The van der Waals surface area contributed by atoms with Crippen LogP contribution < -0.4 is 10.1 Å². The van der Waals surface area contributed by atoms with Crippen LogP contribution in [0.4, 0.5) is 5.69 Å². The van der Waals surface area contributed by atoms with Crippen molar-refractivity contribution in [3.05, 3.63) is 59.7 Å². The Labute approximate surface area is 173 Å². The summed E-state index contributed by atoms with van der Waals surface area (Å²) >= 11 is 0. The van der Waals surface area contributed by atoms with Gasteiger partial charge in [0.1, 0.15) is 18.0 Å². The summed E-state index contributed by atoms with van der Waals surface area (Å²) in [5.74, 6) is 0.893. The van der Waals surface area contributed by atoms with E-state index in [4.69, 9.17) is 9.47 Å². The van der Waals surface area contributed by atoms with Crippen LogP contribution >= 0.6 is 0 Å². The number of nitrogens with one attached hydrogen (secondary N) is 1. The second kappa shape index (κ2) is 8.07. The normalized spacial score (nSPS) is 23.8. The summed E-state index contributed by atoms with van der Waals surface area (Å²) in [6.07, 6.45) is 3.12. The van der Waals surface area contributed by atoms with Gasteiger partial charge < -0.3 is 19.7 Å². The summed E-state index contributed by atoms with van der Waals surface area (Å²) in [4.78, 5) is 15.3. The summed E-state index contributed by atoms with van der Waals surface area (Å²) in [5, 5.41) is 3.68.